The van der Waals surface area contributed by atoms with Gasteiger partial charge in [-0.05, 0) is 32.1 Å². The van der Waals surface area contributed by atoms with Crippen molar-refractivity contribution >= 4 is 0 Å². The van der Waals surface area contributed by atoms with Crippen LogP contribution in [0.25, 0.3) is 0 Å². The Kier molecular flexibility index (Phi) is 14.7. The summed E-state index contributed by atoms with van der Waals surface area (Å²) in [4.78, 5) is 0. The van der Waals surface area contributed by atoms with E-state index in [9.17, 15) is 0 Å². The summed E-state index contributed by atoms with van der Waals surface area (Å²) in [5.41, 5.74) is 0. The highest BCUT2D eigenvalue weighted by Crippen LogP contribution is 2.12. The van der Waals surface area contributed by atoms with Crippen LogP contribution in [0.5, 0.6) is 0 Å². The van der Waals surface area contributed by atoms with Gasteiger partial charge in [-0.2, -0.15) is 0 Å². The maximum absolute atomic E-state index is 2.55. The molecule has 1 rings (SSSR count). The van der Waals surface area contributed by atoms with Crippen molar-refractivity contribution in [3.8, 4) is 0 Å². The molecule has 1 aromatic rings. The van der Waals surface area contributed by atoms with Crippen LogP contribution in [0.3, 0.4) is 0 Å². The van der Waals surface area contributed by atoms with Crippen molar-refractivity contribution in [1.29, 1.82) is 0 Å². The second-order valence-corrected chi connectivity index (χ2v) is 8.09. The Morgan fingerprint density at radius 2 is 1.19 bits per heavy atom. The Morgan fingerprint density at radius 1 is 0.654 bits per heavy atom. The Morgan fingerprint density at radius 3 is 1.81 bits per heavy atom. The van der Waals surface area contributed by atoms with Crippen molar-refractivity contribution in [3.63, 3.8) is 0 Å². The Balaban J connectivity index is 2.23. The van der Waals surface area contributed by atoms with Gasteiger partial charge in [-0.1, -0.05) is 85.0 Å². The SMILES string of the molecule is CCCCCCCCCCCCn1cc[n+](CCCCC)c1CCCC. The third-order valence-corrected chi connectivity index (χ3v) is 5.60. The predicted octanol–water partition coefficient (Wildman–Crippen LogP) is 7.23. The topological polar surface area (TPSA) is 8.81 Å². The van der Waals surface area contributed by atoms with Crippen LogP contribution in [0, 0.1) is 0 Å². The monoisotopic (exact) mass is 363 g/mol. The van der Waals surface area contributed by atoms with Gasteiger partial charge in [0.15, 0.2) is 0 Å². The highest BCUT2D eigenvalue weighted by Gasteiger charge is 2.15. The molecule has 152 valence electrons. The lowest BCUT2D eigenvalue weighted by Crippen LogP contribution is -2.37. The molecule has 2 nitrogen and oxygen atoms in total. The highest BCUT2D eigenvalue weighted by atomic mass is 15.1. The van der Waals surface area contributed by atoms with Crippen LogP contribution in [0.15, 0.2) is 12.4 Å². The van der Waals surface area contributed by atoms with Gasteiger partial charge in [0.05, 0.1) is 13.1 Å². The molecular weight excluding hydrogens is 316 g/mol. The molecule has 0 aliphatic carbocycles. The summed E-state index contributed by atoms with van der Waals surface area (Å²) in [5, 5.41) is 0. The lowest BCUT2D eigenvalue weighted by molar-refractivity contribution is -0.704. The van der Waals surface area contributed by atoms with E-state index in [1.807, 2.05) is 0 Å². The van der Waals surface area contributed by atoms with Gasteiger partial charge in [-0.25, -0.2) is 9.13 Å². The summed E-state index contributed by atoms with van der Waals surface area (Å²) in [6.45, 7) is 9.31. The van der Waals surface area contributed by atoms with Crippen molar-refractivity contribution in [1.82, 2.24) is 4.57 Å². The van der Waals surface area contributed by atoms with Crippen molar-refractivity contribution in [2.24, 2.45) is 0 Å². The number of rotatable bonds is 18. The quantitative estimate of drug-likeness (QED) is 0.192. The molecule has 0 aliphatic rings. The smallest absolute Gasteiger partial charge is 0.234 e. The van der Waals surface area contributed by atoms with E-state index in [0.717, 1.165) is 0 Å². The average molecular weight is 364 g/mol. The van der Waals surface area contributed by atoms with Crippen LogP contribution in [0.2, 0.25) is 0 Å². The van der Waals surface area contributed by atoms with Crippen molar-refractivity contribution in [2.45, 2.75) is 137 Å². The first-order valence-electron chi connectivity index (χ1n) is 11.9. The summed E-state index contributed by atoms with van der Waals surface area (Å²) in [6, 6.07) is 0. The molecule has 0 saturated carbocycles. The molecule has 0 radical (unpaired) electrons. The summed E-state index contributed by atoms with van der Waals surface area (Å²) in [6.07, 6.45) is 26.7. The fraction of sp³-hybridized carbons (Fsp3) is 0.875. The van der Waals surface area contributed by atoms with Crippen LogP contribution in [-0.2, 0) is 19.5 Å². The number of nitrogens with zero attached hydrogens (tertiary/aromatic N) is 2. The summed E-state index contributed by atoms with van der Waals surface area (Å²) in [7, 11) is 0. The van der Waals surface area contributed by atoms with Crippen molar-refractivity contribution in [2.75, 3.05) is 0 Å². The van der Waals surface area contributed by atoms with E-state index in [4.69, 9.17) is 0 Å². The molecule has 0 aliphatic heterocycles. The third-order valence-electron chi connectivity index (χ3n) is 5.60. The first-order chi connectivity index (χ1) is 12.8. The predicted molar refractivity (Wildman–Crippen MR) is 115 cm³/mol. The Bertz CT molecular complexity index is 422. The van der Waals surface area contributed by atoms with Crippen LogP contribution in [0.1, 0.15) is 123 Å². The van der Waals surface area contributed by atoms with E-state index in [2.05, 4.69) is 42.3 Å². The lowest BCUT2D eigenvalue weighted by atomic mass is 10.1. The molecule has 0 fully saturated rings. The van der Waals surface area contributed by atoms with Gasteiger partial charge < -0.3 is 0 Å². The second-order valence-electron chi connectivity index (χ2n) is 8.09. The first-order valence-corrected chi connectivity index (χ1v) is 11.9. The molecule has 0 unspecified atom stereocenters. The number of hydrogen-bond donors (Lipinski definition) is 0. The summed E-state index contributed by atoms with van der Waals surface area (Å²) < 4.78 is 5.08. The summed E-state index contributed by atoms with van der Waals surface area (Å²) >= 11 is 0. The summed E-state index contributed by atoms with van der Waals surface area (Å²) in [5.74, 6) is 1.57. The van der Waals surface area contributed by atoms with E-state index in [1.165, 1.54) is 116 Å². The largest absolute Gasteiger partial charge is 0.256 e. The van der Waals surface area contributed by atoms with E-state index in [1.54, 1.807) is 5.82 Å². The Labute approximate surface area is 164 Å². The van der Waals surface area contributed by atoms with E-state index in [-0.39, 0.29) is 0 Å². The fourth-order valence-electron chi connectivity index (χ4n) is 3.83. The number of aromatic nitrogens is 2. The number of unbranched alkanes of at least 4 members (excludes halogenated alkanes) is 12. The minimum Gasteiger partial charge on any atom is -0.234 e. The third kappa shape index (κ3) is 10.4. The molecule has 0 spiro atoms. The molecule has 2 heteroatoms. The minimum atomic E-state index is 1.21. The van der Waals surface area contributed by atoms with Crippen LogP contribution < -0.4 is 4.57 Å². The van der Waals surface area contributed by atoms with E-state index in [0.29, 0.717) is 0 Å². The second kappa shape index (κ2) is 16.4. The van der Waals surface area contributed by atoms with Gasteiger partial charge in [-0.15, -0.1) is 0 Å². The number of imidazole rings is 1. The average Bonchev–Trinajstić information content (AvgIpc) is 3.03. The molecular formula is C24H47N2+. The Hall–Kier alpha value is -0.790. The van der Waals surface area contributed by atoms with E-state index >= 15 is 0 Å². The first kappa shape index (κ1) is 23.2. The van der Waals surface area contributed by atoms with Crippen LogP contribution >= 0.6 is 0 Å². The standard InChI is InChI=1S/C24H47N2/c1-4-7-10-11-12-13-14-15-16-18-21-26-23-22-25(20-17-8-5-2)24(26)19-9-6-3/h22-23H,4-21H2,1-3H3/q+1. The molecule has 26 heavy (non-hydrogen) atoms. The highest BCUT2D eigenvalue weighted by molar-refractivity contribution is 4.84. The molecule has 0 N–H and O–H groups in total. The zero-order chi connectivity index (χ0) is 18.9. The van der Waals surface area contributed by atoms with Gasteiger partial charge in [0, 0.05) is 6.42 Å². The molecule has 0 aromatic carbocycles. The van der Waals surface area contributed by atoms with Gasteiger partial charge >= 0.3 is 0 Å². The minimum absolute atomic E-state index is 1.21. The van der Waals surface area contributed by atoms with E-state index < -0.39 is 0 Å². The maximum Gasteiger partial charge on any atom is 0.256 e. The molecule has 1 heterocycles. The van der Waals surface area contributed by atoms with Crippen LogP contribution in [0.4, 0.5) is 0 Å². The zero-order valence-corrected chi connectivity index (χ0v) is 18.3. The fourth-order valence-corrected chi connectivity index (χ4v) is 3.83. The van der Waals surface area contributed by atoms with Gasteiger partial charge in [0.25, 0.3) is 5.82 Å². The number of aryl methyl sites for hydroxylation is 2. The normalized spacial score (nSPS) is 11.3. The van der Waals surface area contributed by atoms with Gasteiger partial charge in [0.1, 0.15) is 12.4 Å². The van der Waals surface area contributed by atoms with Gasteiger partial charge in [0.2, 0.25) is 0 Å². The molecule has 0 saturated heterocycles. The molecule has 0 atom stereocenters. The zero-order valence-electron chi connectivity index (χ0n) is 18.3. The number of hydrogen-bond acceptors (Lipinski definition) is 0. The van der Waals surface area contributed by atoms with Crippen molar-refractivity contribution in [3.05, 3.63) is 18.2 Å². The molecule has 1 aromatic heterocycles. The molecule has 0 bridgehead atoms. The lowest BCUT2D eigenvalue weighted by Gasteiger charge is -2.06. The van der Waals surface area contributed by atoms with Crippen LogP contribution in [-0.4, -0.2) is 4.57 Å². The van der Waals surface area contributed by atoms with Crippen molar-refractivity contribution < 1.29 is 4.57 Å². The van der Waals surface area contributed by atoms with Gasteiger partial charge in [-0.3, -0.25) is 0 Å². The maximum atomic E-state index is 2.55. The molecule has 0 amide bonds.